The minimum atomic E-state index is 0.0126. The van der Waals surface area contributed by atoms with Crippen molar-refractivity contribution < 1.29 is 9.21 Å². The van der Waals surface area contributed by atoms with Crippen molar-refractivity contribution >= 4 is 5.91 Å². The second-order valence-corrected chi connectivity index (χ2v) is 8.79. The number of aromatic nitrogens is 2. The highest BCUT2D eigenvalue weighted by molar-refractivity contribution is 5.76. The van der Waals surface area contributed by atoms with Gasteiger partial charge in [-0.1, -0.05) is 36.4 Å². The molecule has 4 heterocycles. The second-order valence-electron chi connectivity index (χ2n) is 8.79. The number of oxazole rings is 1. The number of hydrogen-bond donors (Lipinski definition) is 1. The van der Waals surface area contributed by atoms with Crippen molar-refractivity contribution in [2.75, 3.05) is 26.2 Å². The maximum absolute atomic E-state index is 12.3. The zero-order valence-corrected chi connectivity index (χ0v) is 18.1. The number of nitrogens with zero attached hydrogens (tertiary/aromatic N) is 3. The first-order valence-corrected chi connectivity index (χ1v) is 11.3. The minimum Gasteiger partial charge on any atom is -0.441 e. The van der Waals surface area contributed by atoms with E-state index in [0.29, 0.717) is 37.1 Å². The van der Waals surface area contributed by atoms with E-state index in [4.69, 9.17) is 4.42 Å². The fraction of sp³-hybridized carbons (Fsp3) is 0.400. The van der Waals surface area contributed by atoms with Crippen LogP contribution in [0.2, 0.25) is 0 Å². The molecule has 0 radical (unpaired) electrons. The lowest BCUT2D eigenvalue weighted by atomic mass is 9.83. The SMILES string of the molecule is O=C(CCc1ncc(-c2ccccc2)o1)NCCN1CC2CC(C1)c1cccc(=O)n1C2. The summed E-state index contributed by atoms with van der Waals surface area (Å²) in [6.07, 6.45) is 3.70. The number of carbonyl (C=O) groups excluding carboxylic acids is 1. The van der Waals surface area contributed by atoms with Gasteiger partial charge < -0.3 is 19.2 Å². The Hall–Kier alpha value is -3.19. The number of amides is 1. The summed E-state index contributed by atoms with van der Waals surface area (Å²) in [5.74, 6) is 2.22. The number of carbonyl (C=O) groups is 1. The van der Waals surface area contributed by atoms with Gasteiger partial charge in [-0.3, -0.25) is 9.59 Å². The molecular weight excluding hydrogens is 404 g/mol. The zero-order chi connectivity index (χ0) is 21.9. The first kappa shape index (κ1) is 20.7. The number of pyridine rings is 1. The van der Waals surface area contributed by atoms with Gasteiger partial charge >= 0.3 is 0 Å². The molecule has 1 fully saturated rings. The van der Waals surface area contributed by atoms with Crippen LogP contribution < -0.4 is 10.9 Å². The highest BCUT2D eigenvalue weighted by Gasteiger charge is 2.34. The van der Waals surface area contributed by atoms with Gasteiger partial charge in [-0.25, -0.2) is 4.98 Å². The molecule has 3 aromatic rings. The molecule has 2 aliphatic heterocycles. The molecule has 2 aliphatic rings. The molecule has 32 heavy (non-hydrogen) atoms. The van der Waals surface area contributed by atoms with Gasteiger partial charge in [0.25, 0.3) is 5.56 Å². The summed E-state index contributed by atoms with van der Waals surface area (Å²) in [7, 11) is 0. The highest BCUT2D eigenvalue weighted by Crippen LogP contribution is 2.34. The monoisotopic (exact) mass is 432 g/mol. The van der Waals surface area contributed by atoms with E-state index in [9.17, 15) is 9.59 Å². The van der Waals surface area contributed by atoms with Gasteiger partial charge in [-0.2, -0.15) is 0 Å². The Labute approximate surface area is 187 Å². The number of nitrogens with one attached hydrogen (secondary N) is 1. The van der Waals surface area contributed by atoms with Crippen molar-refractivity contribution in [3.05, 3.63) is 76.7 Å². The van der Waals surface area contributed by atoms with Crippen LogP contribution in [-0.2, 0) is 17.8 Å². The number of piperidine rings is 1. The fourth-order valence-electron chi connectivity index (χ4n) is 5.00. The first-order valence-electron chi connectivity index (χ1n) is 11.3. The van der Waals surface area contributed by atoms with E-state index in [0.717, 1.165) is 49.6 Å². The summed E-state index contributed by atoms with van der Waals surface area (Å²) in [5.41, 5.74) is 2.25. The average molecular weight is 433 g/mol. The molecule has 7 nitrogen and oxygen atoms in total. The molecule has 166 valence electrons. The Balaban J connectivity index is 1.07. The average Bonchev–Trinajstić information content (AvgIpc) is 3.28. The molecule has 1 amide bonds. The zero-order valence-electron chi connectivity index (χ0n) is 18.1. The first-order chi connectivity index (χ1) is 15.7. The molecule has 2 aromatic heterocycles. The number of benzene rings is 1. The molecule has 1 saturated heterocycles. The number of hydrogen-bond acceptors (Lipinski definition) is 5. The third-order valence-corrected chi connectivity index (χ3v) is 6.48. The predicted molar refractivity (Wildman–Crippen MR) is 121 cm³/mol. The van der Waals surface area contributed by atoms with E-state index in [1.807, 2.05) is 41.0 Å². The van der Waals surface area contributed by atoms with Gasteiger partial charge in [0.2, 0.25) is 5.91 Å². The van der Waals surface area contributed by atoms with Gasteiger partial charge in [-0.15, -0.1) is 0 Å². The smallest absolute Gasteiger partial charge is 0.250 e. The van der Waals surface area contributed by atoms with Gasteiger partial charge in [0.05, 0.1) is 6.20 Å². The van der Waals surface area contributed by atoms with Crippen LogP contribution in [0.5, 0.6) is 0 Å². The van der Waals surface area contributed by atoms with Crippen LogP contribution in [-0.4, -0.2) is 46.5 Å². The number of fused-ring (bicyclic) bond motifs is 4. The van der Waals surface area contributed by atoms with Crippen LogP contribution in [0.3, 0.4) is 0 Å². The topological polar surface area (TPSA) is 80.4 Å². The maximum Gasteiger partial charge on any atom is 0.250 e. The molecule has 5 rings (SSSR count). The Kier molecular flexibility index (Phi) is 5.90. The molecule has 0 aliphatic carbocycles. The molecule has 2 unspecified atom stereocenters. The van der Waals surface area contributed by atoms with E-state index in [1.165, 1.54) is 0 Å². The van der Waals surface area contributed by atoms with Gasteiger partial charge in [0.1, 0.15) is 0 Å². The fourth-order valence-corrected chi connectivity index (χ4v) is 5.00. The standard InChI is InChI=1S/C25H28N4O3/c30-23(9-10-24-27-14-22(32-24)19-5-2-1-3-6-19)26-11-12-28-15-18-13-20(17-28)21-7-4-8-25(31)29(21)16-18/h1-8,14,18,20H,9-13,15-17H2,(H,26,30). The summed E-state index contributed by atoms with van der Waals surface area (Å²) in [4.78, 5) is 31.2. The highest BCUT2D eigenvalue weighted by atomic mass is 16.4. The van der Waals surface area contributed by atoms with Crippen molar-refractivity contribution in [3.8, 4) is 11.3 Å². The van der Waals surface area contributed by atoms with Gasteiger partial charge in [0, 0.05) is 68.8 Å². The Morgan fingerprint density at radius 2 is 1.97 bits per heavy atom. The summed E-state index contributed by atoms with van der Waals surface area (Å²) < 4.78 is 7.72. The summed E-state index contributed by atoms with van der Waals surface area (Å²) in [5, 5.41) is 3.03. The minimum absolute atomic E-state index is 0.0126. The molecule has 1 N–H and O–H groups in total. The molecule has 2 atom stereocenters. The summed E-state index contributed by atoms with van der Waals surface area (Å²) in [6, 6.07) is 15.4. The van der Waals surface area contributed by atoms with Crippen LogP contribution in [0.25, 0.3) is 11.3 Å². The molecular formula is C25H28N4O3. The lowest BCUT2D eigenvalue weighted by molar-refractivity contribution is -0.121. The Morgan fingerprint density at radius 3 is 2.84 bits per heavy atom. The van der Waals surface area contributed by atoms with Crippen LogP contribution in [0.15, 0.2) is 63.9 Å². The van der Waals surface area contributed by atoms with E-state index >= 15 is 0 Å². The van der Waals surface area contributed by atoms with Gasteiger partial charge in [0.15, 0.2) is 11.7 Å². The number of likely N-dealkylation sites (tertiary alicyclic amines) is 1. The normalized spacial score (nSPS) is 20.0. The molecule has 0 spiro atoms. The van der Waals surface area contributed by atoms with Crippen LogP contribution >= 0.6 is 0 Å². The Bertz CT molecular complexity index is 1140. The van der Waals surface area contributed by atoms with Crippen molar-refractivity contribution in [3.63, 3.8) is 0 Å². The van der Waals surface area contributed by atoms with E-state index in [-0.39, 0.29) is 11.5 Å². The third-order valence-electron chi connectivity index (χ3n) is 6.48. The van der Waals surface area contributed by atoms with E-state index < -0.39 is 0 Å². The Morgan fingerprint density at radius 1 is 1.09 bits per heavy atom. The van der Waals surface area contributed by atoms with Crippen LogP contribution in [0, 0.1) is 5.92 Å². The lowest BCUT2D eigenvalue weighted by Gasteiger charge is -2.42. The van der Waals surface area contributed by atoms with Crippen molar-refractivity contribution in [2.24, 2.45) is 5.92 Å². The van der Waals surface area contributed by atoms with E-state index in [2.05, 4.69) is 21.3 Å². The summed E-state index contributed by atoms with van der Waals surface area (Å²) >= 11 is 0. The molecule has 7 heteroatoms. The number of aryl methyl sites for hydroxylation is 1. The third kappa shape index (κ3) is 4.53. The van der Waals surface area contributed by atoms with Crippen molar-refractivity contribution in [2.45, 2.75) is 31.7 Å². The quantitative estimate of drug-likeness (QED) is 0.621. The van der Waals surface area contributed by atoms with Crippen LogP contribution in [0.1, 0.15) is 30.3 Å². The molecule has 0 saturated carbocycles. The maximum atomic E-state index is 12.3. The van der Waals surface area contributed by atoms with Crippen molar-refractivity contribution in [1.82, 2.24) is 19.8 Å². The summed E-state index contributed by atoms with van der Waals surface area (Å²) in [6.45, 7) is 4.17. The lowest BCUT2D eigenvalue weighted by Crippen LogP contribution is -2.48. The molecule has 2 bridgehead atoms. The van der Waals surface area contributed by atoms with Gasteiger partial charge in [-0.05, 0) is 18.4 Å². The van der Waals surface area contributed by atoms with E-state index in [1.54, 1.807) is 12.3 Å². The predicted octanol–water partition coefficient (Wildman–Crippen LogP) is 2.67. The largest absolute Gasteiger partial charge is 0.441 e. The number of rotatable bonds is 7. The second kappa shape index (κ2) is 9.12. The van der Waals surface area contributed by atoms with Crippen molar-refractivity contribution in [1.29, 1.82) is 0 Å². The molecule has 1 aromatic carbocycles. The van der Waals surface area contributed by atoms with Crippen LogP contribution in [0.4, 0.5) is 0 Å².